The molecule has 1 heterocycles. The van der Waals surface area contributed by atoms with E-state index in [4.69, 9.17) is 0 Å². The summed E-state index contributed by atoms with van der Waals surface area (Å²) in [6, 6.07) is 0. The van der Waals surface area contributed by atoms with Crippen LogP contribution in [-0.2, 0) is 4.79 Å². The summed E-state index contributed by atoms with van der Waals surface area (Å²) in [7, 11) is 0. The van der Waals surface area contributed by atoms with Crippen LogP contribution in [0.1, 0.15) is 6.42 Å². The molecule has 1 aliphatic rings. The van der Waals surface area contributed by atoms with E-state index in [0.29, 0.717) is 19.6 Å². The SMILES string of the molecule is O=CC1CN(CCC(F)F)C1. The molecule has 1 aliphatic heterocycles. The second-order valence-electron chi connectivity index (χ2n) is 2.84. The summed E-state index contributed by atoms with van der Waals surface area (Å²) in [4.78, 5) is 12.0. The molecule has 0 amide bonds. The van der Waals surface area contributed by atoms with E-state index in [2.05, 4.69) is 0 Å². The van der Waals surface area contributed by atoms with E-state index >= 15 is 0 Å². The summed E-state index contributed by atoms with van der Waals surface area (Å²) < 4.78 is 23.3. The minimum Gasteiger partial charge on any atom is -0.303 e. The predicted octanol–water partition coefficient (Wildman–Crippen LogP) is 0.772. The normalized spacial score (nSPS) is 20.3. The van der Waals surface area contributed by atoms with Crippen molar-refractivity contribution in [3.05, 3.63) is 0 Å². The van der Waals surface area contributed by atoms with Gasteiger partial charge in [0.05, 0.1) is 0 Å². The minimum atomic E-state index is -2.22. The molecule has 0 saturated carbocycles. The number of carbonyl (C=O) groups is 1. The fraction of sp³-hybridized carbons (Fsp3) is 0.857. The third-order valence-corrected chi connectivity index (χ3v) is 1.84. The maximum absolute atomic E-state index is 11.6. The van der Waals surface area contributed by atoms with Crippen LogP contribution in [0.25, 0.3) is 0 Å². The summed E-state index contributed by atoms with van der Waals surface area (Å²) in [5, 5.41) is 0. The highest BCUT2D eigenvalue weighted by molar-refractivity contribution is 5.55. The maximum atomic E-state index is 11.6. The van der Waals surface area contributed by atoms with E-state index in [1.165, 1.54) is 0 Å². The van der Waals surface area contributed by atoms with Gasteiger partial charge in [0, 0.05) is 32.0 Å². The number of rotatable bonds is 4. The van der Waals surface area contributed by atoms with Crippen LogP contribution in [-0.4, -0.2) is 37.2 Å². The summed E-state index contributed by atoms with van der Waals surface area (Å²) in [5.74, 6) is 0.0904. The molecule has 0 unspecified atom stereocenters. The van der Waals surface area contributed by atoms with Crippen molar-refractivity contribution in [1.82, 2.24) is 4.90 Å². The van der Waals surface area contributed by atoms with E-state index in [1.54, 1.807) is 0 Å². The van der Waals surface area contributed by atoms with Crippen molar-refractivity contribution in [2.45, 2.75) is 12.8 Å². The molecule has 2 nitrogen and oxygen atoms in total. The number of alkyl halides is 2. The first-order valence-corrected chi connectivity index (χ1v) is 3.68. The molecule has 0 bridgehead atoms. The van der Waals surface area contributed by atoms with Crippen LogP contribution in [0.3, 0.4) is 0 Å². The molecule has 11 heavy (non-hydrogen) atoms. The molecule has 0 radical (unpaired) electrons. The van der Waals surface area contributed by atoms with Gasteiger partial charge in [-0.1, -0.05) is 0 Å². The standard InChI is InChI=1S/C7H11F2NO/c8-7(9)1-2-10-3-6(4-10)5-11/h5-7H,1-4H2. The molecule has 0 aromatic carbocycles. The Kier molecular flexibility index (Phi) is 2.93. The van der Waals surface area contributed by atoms with Gasteiger partial charge >= 0.3 is 0 Å². The third kappa shape index (κ3) is 2.54. The number of halogens is 2. The summed E-state index contributed by atoms with van der Waals surface area (Å²) >= 11 is 0. The number of nitrogens with zero attached hydrogens (tertiary/aromatic N) is 1. The lowest BCUT2D eigenvalue weighted by Gasteiger charge is -2.35. The Morgan fingerprint density at radius 3 is 2.64 bits per heavy atom. The van der Waals surface area contributed by atoms with Crippen molar-refractivity contribution >= 4 is 6.29 Å². The minimum absolute atomic E-state index is 0.0778. The van der Waals surface area contributed by atoms with Gasteiger partial charge in [0.25, 0.3) is 0 Å². The van der Waals surface area contributed by atoms with Gasteiger partial charge in [-0.25, -0.2) is 8.78 Å². The highest BCUT2D eigenvalue weighted by atomic mass is 19.3. The quantitative estimate of drug-likeness (QED) is 0.570. The number of hydrogen-bond donors (Lipinski definition) is 0. The van der Waals surface area contributed by atoms with Crippen LogP contribution in [0.2, 0.25) is 0 Å². The van der Waals surface area contributed by atoms with Crippen LogP contribution < -0.4 is 0 Å². The number of likely N-dealkylation sites (tertiary alicyclic amines) is 1. The number of hydrogen-bond acceptors (Lipinski definition) is 2. The molecule has 64 valence electrons. The lowest BCUT2D eigenvalue weighted by molar-refractivity contribution is -0.115. The summed E-state index contributed by atoms with van der Waals surface area (Å²) in [6.45, 7) is 1.74. The number of aldehydes is 1. The Morgan fingerprint density at radius 1 is 1.55 bits per heavy atom. The second kappa shape index (κ2) is 3.76. The monoisotopic (exact) mass is 163 g/mol. The molecule has 0 N–H and O–H groups in total. The van der Waals surface area contributed by atoms with Crippen molar-refractivity contribution in [2.24, 2.45) is 5.92 Å². The molecule has 1 saturated heterocycles. The Balaban J connectivity index is 2.00. The Bertz CT molecular complexity index is 134. The van der Waals surface area contributed by atoms with E-state index in [0.717, 1.165) is 6.29 Å². The Labute approximate surface area is 64.2 Å². The van der Waals surface area contributed by atoms with Gasteiger partial charge in [-0.2, -0.15) is 0 Å². The summed E-state index contributed by atoms with van der Waals surface area (Å²) in [6.07, 6.45) is -1.41. The van der Waals surface area contributed by atoms with Gasteiger partial charge in [0.2, 0.25) is 6.43 Å². The predicted molar refractivity (Wildman–Crippen MR) is 36.6 cm³/mol. The van der Waals surface area contributed by atoms with E-state index < -0.39 is 6.43 Å². The average Bonchev–Trinajstić information content (AvgIpc) is 1.84. The van der Waals surface area contributed by atoms with Crippen molar-refractivity contribution < 1.29 is 13.6 Å². The van der Waals surface area contributed by atoms with Gasteiger partial charge in [-0.3, -0.25) is 0 Å². The smallest absolute Gasteiger partial charge is 0.239 e. The third-order valence-electron chi connectivity index (χ3n) is 1.84. The molecule has 0 spiro atoms. The van der Waals surface area contributed by atoms with Crippen LogP contribution in [0.5, 0.6) is 0 Å². The molecule has 0 aliphatic carbocycles. The molecule has 1 fully saturated rings. The van der Waals surface area contributed by atoms with Crippen LogP contribution in [0, 0.1) is 5.92 Å². The zero-order valence-corrected chi connectivity index (χ0v) is 6.17. The number of carbonyl (C=O) groups excluding carboxylic acids is 1. The van der Waals surface area contributed by atoms with E-state index in [-0.39, 0.29) is 12.3 Å². The van der Waals surface area contributed by atoms with Crippen molar-refractivity contribution in [1.29, 1.82) is 0 Å². The molecular weight excluding hydrogens is 152 g/mol. The lowest BCUT2D eigenvalue weighted by Crippen LogP contribution is -2.47. The van der Waals surface area contributed by atoms with Crippen LogP contribution in [0.15, 0.2) is 0 Å². The van der Waals surface area contributed by atoms with Gasteiger partial charge in [-0.05, 0) is 0 Å². The van der Waals surface area contributed by atoms with Gasteiger partial charge < -0.3 is 9.69 Å². The lowest BCUT2D eigenvalue weighted by atomic mass is 10.0. The highest BCUT2D eigenvalue weighted by Gasteiger charge is 2.25. The highest BCUT2D eigenvalue weighted by Crippen LogP contribution is 2.14. The first-order valence-electron chi connectivity index (χ1n) is 3.68. The van der Waals surface area contributed by atoms with Crippen molar-refractivity contribution in [3.8, 4) is 0 Å². The van der Waals surface area contributed by atoms with Crippen LogP contribution in [0.4, 0.5) is 8.78 Å². The van der Waals surface area contributed by atoms with E-state index in [1.807, 2.05) is 4.90 Å². The summed E-state index contributed by atoms with van der Waals surface area (Å²) in [5.41, 5.74) is 0. The fourth-order valence-electron chi connectivity index (χ4n) is 1.16. The van der Waals surface area contributed by atoms with E-state index in [9.17, 15) is 13.6 Å². The van der Waals surface area contributed by atoms with Crippen LogP contribution >= 0.6 is 0 Å². The van der Waals surface area contributed by atoms with Gasteiger partial charge in [-0.15, -0.1) is 0 Å². The molecule has 4 heteroatoms. The molecule has 0 aromatic heterocycles. The Hall–Kier alpha value is -0.510. The molecular formula is C7H11F2NO. The second-order valence-corrected chi connectivity index (χ2v) is 2.84. The zero-order valence-electron chi connectivity index (χ0n) is 6.17. The Morgan fingerprint density at radius 2 is 2.18 bits per heavy atom. The molecule has 1 rings (SSSR count). The first-order chi connectivity index (χ1) is 5.22. The molecule has 0 atom stereocenters. The molecule has 0 aromatic rings. The van der Waals surface area contributed by atoms with Crippen molar-refractivity contribution in [2.75, 3.05) is 19.6 Å². The van der Waals surface area contributed by atoms with Gasteiger partial charge in [0.15, 0.2) is 0 Å². The first kappa shape index (κ1) is 8.59. The topological polar surface area (TPSA) is 20.3 Å². The maximum Gasteiger partial charge on any atom is 0.239 e. The fourth-order valence-corrected chi connectivity index (χ4v) is 1.16. The zero-order chi connectivity index (χ0) is 8.27. The average molecular weight is 163 g/mol. The largest absolute Gasteiger partial charge is 0.303 e. The van der Waals surface area contributed by atoms with Crippen molar-refractivity contribution in [3.63, 3.8) is 0 Å². The van der Waals surface area contributed by atoms with Gasteiger partial charge in [0.1, 0.15) is 6.29 Å².